The van der Waals surface area contributed by atoms with Crippen LogP contribution >= 0.6 is 0 Å². The topological polar surface area (TPSA) is 20.3 Å². The molecule has 0 saturated heterocycles. The smallest absolute Gasteiger partial charge is 0.222 e. The summed E-state index contributed by atoms with van der Waals surface area (Å²) in [4.78, 5) is 14.3. The third kappa shape index (κ3) is 11.0. The number of nitrogens with zero attached hydrogens (tertiary/aromatic N) is 1. The van der Waals surface area contributed by atoms with Crippen LogP contribution in [0.15, 0.2) is 0 Å². The molecule has 0 saturated carbocycles. The van der Waals surface area contributed by atoms with Crippen molar-refractivity contribution in [2.45, 2.75) is 91.4 Å². The van der Waals surface area contributed by atoms with Gasteiger partial charge in [-0.15, -0.1) is 0 Å². The molecule has 0 N–H and O–H groups in total. The molecule has 0 fully saturated rings. The Hall–Kier alpha value is -0.530. The van der Waals surface area contributed by atoms with E-state index in [2.05, 4.69) is 25.7 Å². The van der Waals surface area contributed by atoms with E-state index in [9.17, 15) is 4.79 Å². The van der Waals surface area contributed by atoms with Crippen molar-refractivity contribution in [3.05, 3.63) is 0 Å². The SMILES string of the molecule is CCCCCCC(=O)N(CCCCC)CCCCC. The molecule has 0 spiro atoms. The molecule has 0 aliphatic heterocycles. The number of carbonyl (C=O) groups excluding carboxylic acids is 1. The van der Waals surface area contributed by atoms with E-state index < -0.39 is 0 Å². The van der Waals surface area contributed by atoms with Gasteiger partial charge in [-0.25, -0.2) is 0 Å². The minimum absolute atomic E-state index is 0.392. The van der Waals surface area contributed by atoms with Gasteiger partial charge in [-0.05, 0) is 19.3 Å². The fourth-order valence-corrected chi connectivity index (χ4v) is 2.33. The first-order chi connectivity index (χ1) is 9.26. The maximum absolute atomic E-state index is 12.2. The van der Waals surface area contributed by atoms with Crippen LogP contribution in [0.3, 0.4) is 0 Å². The molecule has 0 bridgehead atoms. The fourth-order valence-electron chi connectivity index (χ4n) is 2.33. The summed E-state index contributed by atoms with van der Waals surface area (Å²) in [6.45, 7) is 8.60. The van der Waals surface area contributed by atoms with Gasteiger partial charge in [0.2, 0.25) is 5.91 Å². The molecule has 0 rings (SSSR count). The van der Waals surface area contributed by atoms with Crippen LogP contribution in [0, 0.1) is 0 Å². The largest absolute Gasteiger partial charge is 0.343 e. The molecule has 0 aliphatic carbocycles. The molecule has 0 aromatic carbocycles. The predicted octanol–water partition coefficient (Wildman–Crippen LogP) is 5.17. The maximum atomic E-state index is 12.2. The van der Waals surface area contributed by atoms with Gasteiger partial charge >= 0.3 is 0 Å². The Bertz CT molecular complexity index is 193. The number of rotatable bonds is 13. The van der Waals surface area contributed by atoms with Crippen molar-refractivity contribution in [2.24, 2.45) is 0 Å². The van der Waals surface area contributed by atoms with E-state index in [-0.39, 0.29) is 0 Å². The van der Waals surface area contributed by atoms with Gasteiger partial charge in [-0.2, -0.15) is 0 Å². The molecule has 0 radical (unpaired) electrons. The lowest BCUT2D eigenvalue weighted by atomic mass is 10.1. The molecule has 19 heavy (non-hydrogen) atoms. The molecular formula is C17H35NO. The minimum Gasteiger partial charge on any atom is -0.343 e. The molecule has 0 aromatic heterocycles. The number of amides is 1. The lowest BCUT2D eigenvalue weighted by Gasteiger charge is -2.22. The summed E-state index contributed by atoms with van der Waals surface area (Å²) in [5, 5.41) is 0. The van der Waals surface area contributed by atoms with Gasteiger partial charge in [-0.1, -0.05) is 65.7 Å². The van der Waals surface area contributed by atoms with Gasteiger partial charge in [0, 0.05) is 19.5 Å². The van der Waals surface area contributed by atoms with Crippen molar-refractivity contribution in [1.82, 2.24) is 4.90 Å². The van der Waals surface area contributed by atoms with Crippen LogP contribution in [0.2, 0.25) is 0 Å². The third-order valence-electron chi connectivity index (χ3n) is 3.66. The van der Waals surface area contributed by atoms with Crippen LogP contribution in [0.25, 0.3) is 0 Å². The zero-order valence-corrected chi connectivity index (χ0v) is 13.5. The molecule has 0 aliphatic rings. The number of hydrogen-bond acceptors (Lipinski definition) is 1. The summed E-state index contributed by atoms with van der Waals surface area (Å²) in [5.41, 5.74) is 0. The van der Waals surface area contributed by atoms with Gasteiger partial charge < -0.3 is 4.90 Å². The van der Waals surface area contributed by atoms with Crippen LogP contribution in [0.4, 0.5) is 0 Å². The highest BCUT2D eigenvalue weighted by molar-refractivity contribution is 5.76. The van der Waals surface area contributed by atoms with E-state index in [1.54, 1.807) is 0 Å². The number of carbonyl (C=O) groups is 1. The molecule has 0 unspecified atom stereocenters. The van der Waals surface area contributed by atoms with Crippen molar-refractivity contribution in [1.29, 1.82) is 0 Å². The van der Waals surface area contributed by atoms with Crippen molar-refractivity contribution in [3.63, 3.8) is 0 Å². The van der Waals surface area contributed by atoms with E-state index >= 15 is 0 Å². The van der Waals surface area contributed by atoms with Crippen LogP contribution in [0.1, 0.15) is 91.4 Å². The zero-order chi connectivity index (χ0) is 14.3. The van der Waals surface area contributed by atoms with Gasteiger partial charge in [0.25, 0.3) is 0 Å². The van der Waals surface area contributed by atoms with Crippen LogP contribution in [0.5, 0.6) is 0 Å². The first-order valence-electron chi connectivity index (χ1n) is 8.54. The number of unbranched alkanes of at least 4 members (excludes halogenated alkanes) is 7. The Morgan fingerprint density at radius 3 is 1.63 bits per heavy atom. The highest BCUT2D eigenvalue weighted by Crippen LogP contribution is 2.08. The second-order valence-electron chi connectivity index (χ2n) is 5.61. The van der Waals surface area contributed by atoms with Crippen molar-refractivity contribution < 1.29 is 4.79 Å². The average molecular weight is 269 g/mol. The summed E-state index contributed by atoms with van der Waals surface area (Å²) >= 11 is 0. The summed E-state index contributed by atoms with van der Waals surface area (Å²) in [6.07, 6.45) is 12.8. The molecule has 0 heterocycles. The molecule has 0 aromatic rings. The minimum atomic E-state index is 0.392. The quantitative estimate of drug-likeness (QED) is 0.423. The summed E-state index contributed by atoms with van der Waals surface area (Å²) in [5.74, 6) is 0.392. The second-order valence-corrected chi connectivity index (χ2v) is 5.61. The number of hydrogen-bond donors (Lipinski definition) is 0. The van der Waals surface area contributed by atoms with Crippen LogP contribution < -0.4 is 0 Å². The lowest BCUT2D eigenvalue weighted by molar-refractivity contribution is -0.131. The predicted molar refractivity (Wildman–Crippen MR) is 84.4 cm³/mol. The lowest BCUT2D eigenvalue weighted by Crippen LogP contribution is -2.32. The Morgan fingerprint density at radius 2 is 1.16 bits per heavy atom. The highest BCUT2D eigenvalue weighted by atomic mass is 16.2. The normalized spacial score (nSPS) is 10.7. The van der Waals surface area contributed by atoms with Gasteiger partial charge in [-0.3, -0.25) is 4.79 Å². The molecule has 0 atom stereocenters. The molecule has 114 valence electrons. The Morgan fingerprint density at radius 1 is 0.684 bits per heavy atom. The van der Waals surface area contributed by atoms with Crippen LogP contribution in [-0.2, 0) is 4.79 Å². The van der Waals surface area contributed by atoms with E-state index in [1.165, 1.54) is 57.8 Å². The van der Waals surface area contributed by atoms with Crippen LogP contribution in [-0.4, -0.2) is 23.9 Å². The average Bonchev–Trinajstić information content (AvgIpc) is 2.42. The molecule has 1 amide bonds. The first-order valence-corrected chi connectivity index (χ1v) is 8.54. The van der Waals surface area contributed by atoms with E-state index in [1.807, 2.05) is 0 Å². The second kappa shape index (κ2) is 13.9. The van der Waals surface area contributed by atoms with Gasteiger partial charge in [0.15, 0.2) is 0 Å². The summed E-state index contributed by atoms with van der Waals surface area (Å²) in [7, 11) is 0. The first kappa shape index (κ1) is 18.5. The molecule has 2 nitrogen and oxygen atoms in total. The summed E-state index contributed by atoms with van der Waals surface area (Å²) in [6, 6.07) is 0. The fraction of sp³-hybridized carbons (Fsp3) is 0.941. The Labute approximate surface area is 120 Å². The van der Waals surface area contributed by atoms with Gasteiger partial charge in [0.05, 0.1) is 0 Å². The Balaban J connectivity index is 3.94. The van der Waals surface area contributed by atoms with E-state index in [0.29, 0.717) is 5.91 Å². The third-order valence-corrected chi connectivity index (χ3v) is 3.66. The van der Waals surface area contributed by atoms with E-state index in [0.717, 1.165) is 25.9 Å². The monoisotopic (exact) mass is 269 g/mol. The standard InChI is InChI=1S/C17H35NO/c1-4-7-10-11-14-17(19)18(15-12-8-5-2)16-13-9-6-3/h4-16H2,1-3H3. The van der Waals surface area contributed by atoms with Gasteiger partial charge in [0.1, 0.15) is 0 Å². The van der Waals surface area contributed by atoms with Crippen molar-refractivity contribution >= 4 is 5.91 Å². The van der Waals surface area contributed by atoms with E-state index in [4.69, 9.17) is 0 Å². The summed E-state index contributed by atoms with van der Waals surface area (Å²) < 4.78 is 0. The molecular weight excluding hydrogens is 234 g/mol. The molecule has 2 heteroatoms. The Kier molecular flexibility index (Phi) is 13.5. The van der Waals surface area contributed by atoms with Crippen molar-refractivity contribution in [2.75, 3.05) is 13.1 Å². The highest BCUT2D eigenvalue weighted by Gasteiger charge is 2.11. The van der Waals surface area contributed by atoms with Crippen molar-refractivity contribution in [3.8, 4) is 0 Å². The zero-order valence-electron chi connectivity index (χ0n) is 13.5. The maximum Gasteiger partial charge on any atom is 0.222 e.